The molecule has 166 valence electrons. The summed E-state index contributed by atoms with van der Waals surface area (Å²) in [6, 6.07) is 16.4. The molecule has 0 unspecified atom stereocenters. The van der Waals surface area contributed by atoms with Gasteiger partial charge in [-0.1, -0.05) is 24.3 Å². The third-order valence-electron chi connectivity index (χ3n) is 5.47. The summed E-state index contributed by atoms with van der Waals surface area (Å²) in [6.07, 6.45) is 1.53. The predicted octanol–water partition coefficient (Wildman–Crippen LogP) is 3.36. The summed E-state index contributed by atoms with van der Waals surface area (Å²) >= 11 is 0. The average Bonchev–Trinajstić information content (AvgIpc) is 3.44. The Morgan fingerprint density at radius 2 is 1.94 bits per heavy atom. The van der Waals surface area contributed by atoms with Crippen LogP contribution in [0.4, 0.5) is 0 Å². The van der Waals surface area contributed by atoms with E-state index in [0.29, 0.717) is 22.5 Å². The van der Waals surface area contributed by atoms with Gasteiger partial charge in [0.2, 0.25) is 11.6 Å². The number of rotatable bonds is 6. The van der Waals surface area contributed by atoms with Gasteiger partial charge in [0.25, 0.3) is 5.88 Å². The Morgan fingerprint density at radius 1 is 1.09 bits per heavy atom. The van der Waals surface area contributed by atoms with Crippen LogP contribution in [0.2, 0.25) is 0 Å². The van der Waals surface area contributed by atoms with Crippen LogP contribution in [0.3, 0.4) is 0 Å². The molecule has 0 radical (unpaired) electrons. The molecule has 1 amide bonds. The number of benzene rings is 2. The molecular weight excluding hydrogens is 422 g/mol. The summed E-state index contributed by atoms with van der Waals surface area (Å²) in [5.74, 6) is 1.06. The van der Waals surface area contributed by atoms with Crippen LogP contribution in [0.25, 0.3) is 16.7 Å². The first kappa shape index (κ1) is 20.5. The maximum Gasteiger partial charge on any atom is 0.351 e. The molecule has 0 aliphatic heterocycles. The molecular formula is C24H21N5O4. The summed E-state index contributed by atoms with van der Waals surface area (Å²) in [5.41, 5.74) is 2.97. The van der Waals surface area contributed by atoms with Crippen LogP contribution in [0.1, 0.15) is 16.9 Å². The summed E-state index contributed by atoms with van der Waals surface area (Å²) in [4.78, 5) is 30.3. The Morgan fingerprint density at radius 3 is 2.76 bits per heavy atom. The monoisotopic (exact) mass is 443 g/mol. The first-order chi connectivity index (χ1) is 16.0. The number of hydrogen-bond acceptors (Lipinski definition) is 6. The maximum atomic E-state index is 13.2. The van der Waals surface area contributed by atoms with Crippen molar-refractivity contribution in [2.45, 2.75) is 26.9 Å². The van der Waals surface area contributed by atoms with Crippen molar-refractivity contribution in [3.05, 3.63) is 88.2 Å². The minimum absolute atomic E-state index is 0.189. The van der Waals surface area contributed by atoms with Crippen LogP contribution in [0.5, 0.6) is 11.6 Å². The van der Waals surface area contributed by atoms with Gasteiger partial charge in [0.1, 0.15) is 18.1 Å². The summed E-state index contributed by atoms with van der Waals surface area (Å²) in [5, 5.41) is 7.11. The zero-order valence-electron chi connectivity index (χ0n) is 18.1. The highest BCUT2D eigenvalue weighted by Crippen LogP contribution is 2.29. The lowest BCUT2D eigenvalue weighted by molar-refractivity contribution is -0.122. The van der Waals surface area contributed by atoms with Crippen LogP contribution in [0.15, 0.2) is 70.1 Å². The van der Waals surface area contributed by atoms with Gasteiger partial charge in [-0.2, -0.15) is 0 Å². The Balaban J connectivity index is 1.55. The minimum Gasteiger partial charge on any atom is -0.467 e. The first-order valence-electron chi connectivity index (χ1n) is 10.4. The number of carbonyl (C=O) groups excluding carboxylic acids is 1. The summed E-state index contributed by atoms with van der Waals surface area (Å²) in [7, 11) is 0. The second-order valence-corrected chi connectivity index (χ2v) is 7.66. The molecule has 33 heavy (non-hydrogen) atoms. The van der Waals surface area contributed by atoms with Gasteiger partial charge in [-0.05, 0) is 55.3 Å². The van der Waals surface area contributed by atoms with Crippen molar-refractivity contribution in [1.82, 2.24) is 24.5 Å². The minimum atomic E-state index is -0.456. The average molecular weight is 443 g/mol. The summed E-state index contributed by atoms with van der Waals surface area (Å²) < 4.78 is 13.9. The Kier molecular flexibility index (Phi) is 5.14. The molecule has 0 saturated carbocycles. The highest BCUT2D eigenvalue weighted by Gasteiger charge is 2.19. The molecule has 9 nitrogen and oxygen atoms in total. The van der Waals surface area contributed by atoms with Gasteiger partial charge in [-0.15, -0.1) is 5.10 Å². The number of carbonyl (C=O) groups is 1. The van der Waals surface area contributed by atoms with Crippen LogP contribution >= 0.6 is 0 Å². The quantitative estimate of drug-likeness (QED) is 0.432. The zero-order valence-corrected chi connectivity index (χ0v) is 18.1. The van der Waals surface area contributed by atoms with Crippen molar-refractivity contribution in [3.8, 4) is 11.6 Å². The smallest absolute Gasteiger partial charge is 0.351 e. The van der Waals surface area contributed by atoms with E-state index >= 15 is 0 Å². The lowest BCUT2D eigenvalue weighted by Crippen LogP contribution is -2.32. The number of fused-ring (bicyclic) bond motifs is 3. The van der Waals surface area contributed by atoms with E-state index in [9.17, 15) is 9.59 Å². The van der Waals surface area contributed by atoms with Crippen molar-refractivity contribution in [2.75, 3.05) is 0 Å². The molecule has 5 rings (SSSR count). The lowest BCUT2D eigenvalue weighted by atomic mass is 10.1. The van der Waals surface area contributed by atoms with E-state index in [-0.39, 0.29) is 30.5 Å². The Labute approximate surface area is 188 Å². The molecule has 0 fully saturated rings. The number of ether oxygens (including phenoxy) is 1. The molecule has 0 aliphatic carbocycles. The van der Waals surface area contributed by atoms with Crippen molar-refractivity contribution >= 4 is 22.6 Å². The highest BCUT2D eigenvalue weighted by atomic mass is 16.5. The van der Waals surface area contributed by atoms with Gasteiger partial charge < -0.3 is 14.5 Å². The van der Waals surface area contributed by atoms with Gasteiger partial charge in [-0.3, -0.25) is 4.79 Å². The number of hydrogen-bond donors (Lipinski definition) is 1. The molecule has 3 aromatic heterocycles. The fourth-order valence-corrected chi connectivity index (χ4v) is 3.57. The number of nitrogens with one attached hydrogen (secondary N) is 1. The molecule has 0 spiro atoms. The van der Waals surface area contributed by atoms with Crippen LogP contribution in [-0.2, 0) is 17.9 Å². The number of aryl methyl sites for hydroxylation is 1. The van der Waals surface area contributed by atoms with Gasteiger partial charge >= 0.3 is 5.69 Å². The lowest BCUT2D eigenvalue weighted by Gasteiger charge is -2.11. The molecule has 5 aromatic rings. The van der Waals surface area contributed by atoms with E-state index in [1.165, 1.54) is 10.7 Å². The van der Waals surface area contributed by atoms with Gasteiger partial charge in [0.15, 0.2) is 0 Å². The number of amides is 1. The molecule has 1 N–H and O–H groups in total. The first-order valence-corrected chi connectivity index (χ1v) is 10.4. The largest absolute Gasteiger partial charge is 0.467 e. The molecule has 3 heterocycles. The fraction of sp³-hybridized carbons (Fsp3) is 0.167. The van der Waals surface area contributed by atoms with Crippen molar-refractivity contribution in [2.24, 2.45) is 0 Å². The predicted molar refractivity (Wildman–Crippen MR) is 121 cm³/mol. The third kappa shape index (κ3) is 3.84. The second kappa shape index (κ2) is 8.27. The molecule has 0 aliphatic rings. The highest BCUT2D eigenvalue weighted by molar-refractivity contribution is 5.80. The fourth-order valence-electron chi connectivity index (χ4n) is 3.57. The maximum absolute atomic E-state index is 13.2. The van der Waals surface area contributed by atoms with E-state index < -0.39 is 5.69 Å². The van der Waals surface area contributed by atoms with Crippen LogP contribution < -0.4 is 15.7 Å². The topological polar surface area (TPSA) is 104 Å². The van der Waals surface area contributed by atoms with Crippen LogP contribution in [0, 0.1) is 13.8 Å². The molecule has 0 saturated heterocycles. The molecule has 2 aromatic carbocycles. The van der Waals surface area contributed by atoms with E-state index in [0.717, 1.165) is 15.8 Å². The van der Waals surface area contributed by atoms with Gasteiger partial charge in [-0.25, -0.2) is 18.9 Å². The molecule has 9 heteroatoms. The zero-order chi connectivity index (χ0) is 22.9. The number of aromatic nitrogens is 4. The number of nitrogens with zero attached hydrogens (tertiary/aromatic N) is 4. The Bertz CT molecular complexity index is 1530. The molecule has 0 atom stereocenters. The normalized spacial score (nSPS) is 11.2. The van der Waals surface area contributed by atoms with Crippen molar-refractivity contribution < 1.29 is 13.9 Å². The van der Waals surface area contributed by atoms with E-state index in [1.54, 1.807) is 24.3 Å². The second-order valence-electron chi connectivity index (χ2n) is 7.66. The van der Waals surface area contributed by atoms with Gasteiger partial charge in [0, 0.05) is 0 Å². The van der Waals surface area contributed by atoms with Gasteiger partial charge in [0.05, 0.1) is 23.8 Å². The van der Waals surface area contributed by atoms with E-state index in [1.807, 2.05) is 44.2 Å². The number of para-hydroxylation sites is 2. The Hall–Kier alpha value is -4.40. The standard InChI is InChI=1S/C24H21N5O4/c1-15-7-5-11-20(16(15)2)33-23-22-27-28(14-21(30)25-13-17-8-6-12-32-17)24(31)29(22)19-10-4-3-9-18(19)26-23/h3-12H,13-14H2,1-2H3,(H,25,30). The van der Waals surface area contributed by atoms with Crippen LogP contribution in [-0.4, -0.2) is 25.1 Å². The van der Waals surface area contributed by atoms with E-state index in [4.69, 9.17) is 9.15 Å². The number of furan rings is 1. The van der Waals surface area contributed by atoms with Crippen molar-refractivity contribution in [1.29, 1.82) is 0 Å². The third-order valence-corrected chi connectivity index (χ3v) is 5.47. The molecule has 0 bridgehead atoms. The SMILES string of the molecule is Cc1cccc(Oc2nc3ccccc3n3c(=O)n(CC(=O)NCc4ccco4)nc23)c1C. The van der Waals surface area contributed by atoms with E-state index in [2.05, 4.69) is 15.4 Å². The summed E-state index contributed by atoms with van der Waals surface area (Å²) in [6.45, 7) is 3.92. The van der Waals surface area contributed by atoms with Crippen molar-refractivity contribution in [3.63, 3.8) is 0 Å².